The summed E-state index contributed by atoms with van der Waals surface area (Å²) in [7, 11) is 2.46. The van der Waals surface area contributed by atoms with Crippen LogP contribution in [0.3, 0.4) is 0 Å². The molecule has 2 saturated carbocycles. The molecular formula is C23H30N3O+. The number of aryl methyl sites for hydroxylation is 4. The van der Waals surface area contributed by atoms with Crippen LogP contribution in [0.4, 0.5) is 0 Å². The highest BCUT2D eigenvalue weighted by molar-refractivity contribution is 5.69. The first-order chi connectivity index (χ1) is 12.9. The number of hydrogen-bond donors (Lipinski definition) is 0. The van der Waals surface area contributed by atoms with Gasteiger partial charge in [-0.2, -0.15) is 9.61 Å². The maximum atomic E-state index is 6.33. The first-order valence-corrected chi connectivity index (χ1v) is 10.3. The number of aromatic nitrogens is 2. The van der Waals surface area contributed by atoms with E-state index in [1.54, 1.807) is 0 Å². The molecule has 0 radical (unpaired) electrons. The third-order valence-electron chi connectivity index (χ3n) is 6.83. The SMILES string of the molecule is Cc1ccc(-c2c(C)oc3c(C[N+](C)(C4CC4)C4CC4)c(C)nn23)c(C)c1. The number of rotatable bonds is 5. The summed E-state index contributed by atoms with van der Waals surface area (Å²) in [5.74, 6) is 0.956. The third-order valence-corrected chi connectivity index (χ3v) is 6.83. The van der Waals surface area contributed by atoms with Crippen molar-refractivity contribution in [2.75, 3.05) is 7.05 Å². The Morgan fingerprint density at radius 3 is 2.33 bits per heavy atom. The van der Waals surface area contributed by atoms with E-state index in [1.165, 1.54) is 52.4 Å². The molecule has 27 heavy (non-hydrogen) atoms. The lowest BCUT2D eigenvalue weighted by Crippen LogP contribution is -2.47. The zero-order valence-electron chi connectivity index (χ0n) is 17.2. The van der Waals surface area contributed by atoms with Gasteiger partial charge < -0.3 is 8.90 Å². The zero-order chi connectivity index (χ0) is 18.9. The predicted octanol–water partition coefficient (Wildman–Crippen LogP) is 5.10. The second kappa shape index (κ2) is 5.71. The van der Waals surface area contributed by atoms with Gasteiger partial charge in [-0.15, -0.1) is 0 Å². The van der Waals surface area contributed by atoms with Crippen molar-refractivity contribution >= 4 is 5.71 Å². The average Bonchev–Trinajstić information content (AvgIpc) is 3.51. The number of hydrogen-bond acceptors (Lipinski definition) is 2. The van der Waals surface area contributed by atoms with Crippen molar-refractivity contribution in [3.8, 4) is 11.3 Å². The van der Waals surface area contributed by atoms with Crippen LogP contribution in [0.15, 0.2) is 22.6 Å². The summed E-state index contributed by atoms with van der Waals surface area (Å²) in [5.41, 5.74) is 8.24. The first-order valence-electron chi connectivity index (χ1n) is 10.3. The Hall–Kier alpha value is -2.07. The van der Waals surface area contributed by atoms with Crippen LogP contribution >= 0.6 is 0 Å². The summed E-state index contributed by atoms with van der Waals surface area (Å²) in [4.78, 5) is 0. The molecular weight excluding hydrogens is 334 g/mol. The van der Waals surface area contributed by atoms with Crippen molar-refractivity contribution in [1.82, 2.24) is 9.61 Å². The molecule has 4 heteroatoms. The molecule has 1 aromatic carbocycles. The maximum Gasteiger partial charge on any atom is 0.231 e. The van der Waals surface area contributed by atoms with E-state index in [9.17, 15) is 0 Å². The van der Waals surface area contributed by atoms with E-state index in [0.29, 0.717) is 0 Å². The molecule has 2 aliphatic carbocycles. The summed E-state index contributed by atoms with van der Waals surface area (Å²) in [6.45, 7) is 9.57. The summed E-state index contributed by atoms with van der Waals surface area (Å²) in [6, 6.07) is 8.28. The molecule has 4 nitrogen and oxygen atoms in total. The monoisotopic (exact) mass is 364 g/mol. The van der Waals surface area contributed by atoms with Gasteiger partial charge in [0.05, 0.1) is 30.4 Å². The lowest BCUT2D eigenvalue weighted by Gasteiger charge is -2.35. The second-order valence-corrected chi connectivity index (χ2v) is 9.07. The van der Waals surface area contributed by atoms with Crippen molar-refractivity contribution in [1.29, 1.82) is 0 Å². The molecule has 0 atom stereocenters. The fourth-order valence-electron chi connectivity index (χ4n) is 4.93. The molecule has 0 saturated heterocycles. The van der Waals surface area contributed by atoms with E-state index < -0.39 is 0 Å². The van der Waals surface area contributed by atoms with Gasteiger partial charge in [0, 0.05) is 31.2 Å². The maximum absolute atomic E-state index is 6.33. The quantitative estimate of drug-likeness (QED) is 0.590. The van der Waals surface area contributed by atoms with Gasteiger partial charge >= 0.3 is 0 Å². The highest BCUT2D eigenvalue weighted by Gasteiger charge is 2.51. The van der Waals surface area contributed by atoms with Gasteiger partial charge in [-0.05, 0) is 33.3 Å². The van der Waals surface area contributed by atoms with Crippen molar-refractivity contribution < 1.29 is 8.90 Å². The lowest BCUT2D eigenvalue weighted by molar-refractivity contribution is -0.943. The normalized spacial score (nSPS) is 17.8. The van der Waals surface area contributed by atoms with Gasteiger partial charge in [0.15, 0.2) is 0 Å². The fourth-order valence-corrected chi connectivity index (χ4v) is 4.93. The largest absolute Gasteiger partial charge is 0.441 e. The summed E-state index contributed by atoms with van der Waals surface area (Å²) in [5, 5.41) is 4.93. The second-order valence-electron chi connectivity index (χ2n) is 9.07. The molecule has 5 rings (SSSR count). The van der Waals surface area contributed by atoms with Crippen LogP contribution in [0, 0.1) is 27.7 Å². The highest BCUT2D eigenvalue weighted by Crippen LogP contribution is 2.45. The minimum absolute atomic E-state index is 0.835. The minimum Gasteiger partial charge on any atom is -0.441 e. The van der Waals surface area contributed by atoms with Crippen LogP contribution < -0.4 is 0 Å². The molecule has 3 aromatic rings. The average molecular weight is 365 g/mol. The van der Waals surface area contributed by atoms with E-state index in [2.05, 4.69) is 57.5 Å². The van der Waals surface area contributed by atoms with Crippen LogP contribution in [0.2, 0.25) is 0 Å². The molecule has 142 valence electrons. The van der Waals surface area contributed by atoms with E-state index >= 15 is 0 Å². The molecule has 2 aromatic heterocycles. The smallest absolute Gasteiger partial charge is 0.231 e. The number of quaternary nitrogens is 1. The molecule has 2 aliphatic rings. The van der Waals surface area contributed by atoms with E-state index in [0.717, 1.165) is 41.5 Å². The topological polar surface area (TPSA) is 30.4 Å². The van der Waals surface area contributed by atoms with Crippen LogP contribution in [-0.4, -0.2) is 33.2 Å². The molecule has 0 N–H and O–H groups in total. The van der Waals surface area contributed by atoms with Gasteiger partial charge in [0.25, 0.3) is 0 Å². The van der Waals surface area contributed by atoms with Crippen LogP contribution in [0.25, 0.3) is 17.0 Å². The van der Waals surface area contributed by atoms with Crippen molar-refractivity contribution in [3.63, 3.8) is 0 Å². The molecule has 0 unspecified atom stereocenters. The van der Waals surface area contributed by atoms with Crippen molar-refractivity contribution in [3.05, 3.63) is 46.3 Å². The molecule has 2 heterocycles. The Labute approximate surface area is 161 Å². The summed E-state index contributed by atoms with van der Waals surface area (Å²) >= 11 is 0. The van der Waals surface area contributed by atoms with E-state index in [-0.39, 0.29) is 0 Å². The van der Waals surface area contributed by atoms with Gasteiger partial charge in [-0.1, -0.05) is 23.8 Å². The summed E-state index contributed by atoms with van der Waals surface area (Å²) < 4.78 is 9.57. The number of oxazole rings is 1. The van der Waals surface area contributed by atoms with Crippen LogP contribution in [0.5, 0.6) is 0 Å². The van der Waals surface area contributed by atoms with Crippen LogP contribution in [0.1, 0.15) is 53.8 Å². The molecule has 0 bridgehead atoms. The highest BCUT2D eigenvalue weighted by atomic mass is 16.4. The lowest BCUT2D eigenvalue weighted by atomic mass is 10.0. The van der Waals surface area contributed by atoms with E-state index in [1.807, 2.05) is 0 Å². The Kier molecular flexibility index (Phi) is 3.61. The first kappa shape index (κ1) is 17.1. The van der Waals surface area contributed by atoms with Gasteiger partial charge in [-0.25, -0.2) is 0 Å². The number of benzene rings is 1. The minimum atomic E-state index is 0.835. The van der Waals surface area contributed by atoms with Gasteiger partial charge in [0.1, 0.15) is 18.0 Å². The van der Waals surface area contributed by atoms with Gasteiger partial charge in [0.2, 0.25) is 5.71 Å². The Balaban J connectivity index is 1.62. The zero-order valence-corrected chi connectivity index (χ0v) is 17.2. The third kappa shape index (κ3) is 2.65. The Bertz CT molecular complexity index is 1020. The molecule has 2 fully saturated rings. The molecule has 0 aliphatic heterocycles. The number of fused-ring (bicyclic) bond motifs is 1. The predicted molar refractivity (Wildman–Crippen MR) is 108 cm³/mol. The Morgan fingerprint density at radius 1 is 1.07 bits per heavy atom. The Morgan fingerprint density at radius 2 is 1.74 bits per heavy atom. The summed E-state index contributed by atoms with van der Waals surface area (Å²) in [6.07, 6.45) is 5.51. The van der Waals surface area contributed by atoms with Crippen LogP contribution in [-0.2, 0) is 6.54 Å². The van der Waals surface area contributed by atoms with Crippen molar-refractivity contribution in [2.45, 2.75) is 72.0 Å². The molecule has 0 amide bonds. The standard InChI is InChI=1S/C23H30N3O/c1-14-6-11-20(15(2)12-14)22-17(4)27-23-21(16(3)24-25(22)23)13-26(5,18-7-8-18)19-9-10-19/h6,11-12,18-19H,7-10,13H2,1-5H3/q+1. The van der Waals surface area contributed by atoms with Gasteiger partial charge in [-0.3, -0.25) is 0 Å². The number of nitrogens with zero attached hydrogens (tertiary/aromatic N) is 3. The van der Waals surface area contributed by atoms with Crippen molar-refractivity contribution in [2.24, 2.45) is 0 Å². The van der Waals surface area contributed by atoms with E-state index in [4.69, 9.17) is 9.52 Å². The molecule has 0 spiro atoms. The fraction of sp³-hybridized carbons (Fsp3) is 0.522.